The zero-order chi connectivity index (χ0) is 16.7. The van der Waals surface area contributed by atoms with E-state index in [0.717, 1.165) is 0 Å². The lowest BCUT2D eigenvalue weighted by Crippen LogP contribution is -2.33. The summed E-state index contributed by atoms with van der Waals surface area (Å²) in [5, 5.41) is 0. The molecule has 0 atom stereocenters. The van der Waals surface area contributed by atoms with Gasteiger partial charge in [-0.3, -0.25) is 4.79 Å². The molecule has 21 heavy (non-hydrogen) atoms. The predicted octanol–water partition coefficient (Wildman–Crippen LogP) is 3.19. The Morgan fingerprint density at radius 2 is 1.52 bits per heavy atom. The maximum atomic E-state index is 12.9. The molecule has 0 aromatic heterocycles. The van der Waals surface area contributed by atoms with Gasteiger partial charge in [0.2, 0.25) is 6.43 Å². The fraction of sp³-hybridized carbons (Fsp3) is 0.846. The van der Waals surface area contributed by atoms with Crippen LogP contribution < -0.4 is 0 Å². The van der Waals surface area contributed by atoms with Crippen molar-refractivity contribution in [2.45, 2.75) is 52.4 Å². The van der Waals surface area contributed by atoms with Crippen LogP contribution in [0.2, 0.25) is 0 Å². The van der Waals surface area contributed by atoms with Gasteiger partial charge in [0.05, 0.1) is 25.0 Å². The molecule has 124 valence electrons. The third kappa shape index (κ3) is 7.29. The maximum Gasteiger partial charge on any atom is 0.377 e. The molecule has 0 aliphatic carbocycles. The molecule has 8 heteroatoms. The van der Waals surface area contributed by atoms with Crippen LogP contribution in [0.1, 0.15) is 40.0 Å². The third-order valence-electron chi connectivity index (χ3n) is 2.90. The molecule has 0 aromatic rings. The molecule has 0 fully saturated rings. The molecule has 0 N–H and O–H groups in total. The molecule has 0 amide bonds. The van der Waals surface area contributed by atoms with Crippen LogP contribution in [0.15, 0.2) is 0 Å². The molecule has 0 saturated heterocycles. The van der Waals surface area contributed by atoms with Crippen molar-refractivity contribution in [2.75, 3.05) is 13.2 Å². The van der Waals surface area contributed by atoms with E-state index >= 15 is 0 Å². The van der Waals surface area contributed by atoms with Crippen LogP contribution in [-0.4, -0.2) is 37.5 Å². The van der Waals surface area contributed by atoms with Gasteiger partial charge in [0.25, 0.3) is 0 Å². The number of hydrogen-bond acceptors (Lipinski definition) is 4. The van der Waals surface area contributed by atoms with Gasteiger partial charge in [0, 0.05) is 6.42 Å². The first kappa shape index (κ1) is 19.7. The second-order valence-electron chi connectivity index (χ2n) is 5.16. The molecule has 0 radical (unpaired) electrons. The number of hydrogen-bond donors (Lipinski definition) is 0. The van der Waals surface area contributed by atoms with Crippen molar-refractivity contribution in [3.05, 3.63) is 0 Å². The number of alkyl halides is 4. The predicted molar refractivity (Wildman–Crippen MR) is 66.2 cm³/mol. The van der Waals surface area contributed by atoms with Crippen LogP contribution in [0.3, 0.4) is 0 Å². The van der Waals surface area contributed by atoms with E-state index in [1.165, 1.54) is 0 Å². The van der Waals surface area contributed by atoms with E-state index in [4.69, 9.17) is 4.74 Å². The Balaban J connectivity index is 3.96. The van der Waals surface area contributed by atoms with E-state index in [9.17, 15) is 27.2 Å². The van der Waals surface area contributed by atoms with Crippen LogP contribution in [0.5, 0.6) is 0 Å². The van der Waals surface area contributed by atoms with Gasteiger partial charge in [-0.2, -0.15) is 8.78 Å². The largest absolute Gasteiger partial charge is 0.465 e. The molecule has 0 aliphatic rings. The number of ether oxygens (including phenoxy) is 2. The quantitative estimate of drug-likeness (QED) is 0.372. The number of carbonyl (C=O) groups excluding carboxylic acids is 2. The fourth-order valence-electron chi connectivity index (χ4n) is 1.11. The first-order valence-electron chi connectivity index (χ1n) is 6.53. The molecular formula is C13H20F4O4. The number of esters is 2. The Morgan fingerprint density at radius 3 is 1.95 bits per heavy atom. The Hall–Kier alpha value is -1.34. The van der Waals surface area contributed by atoms with Gasteiger partial charge < -0.3 is 9.47 Å². The van der Waals surface area contributed by atoms with Crippen molar-refractivity contribution < 1.29 is 36.6 Å². The fourth-order valence-corrected chi connectivity index (χ4v) is 1.11. The van der Waals surface area contributed by atoms with Crippen LogP contribution in [0, 0.1) is 5.41 Å². The highest BCUT2D eigenvalue weighted by atomic mass is 19.3. The van der Waals surface area contributed by atoms with E-state index in [1.807, 2.05) is 6.92 Å². The smallest absolute Gasteiger partial charge is 0.377 e. The Labute approximate surface area is 120 Å². The van der Waals surface area contributed by atoms with Gasteiger partial charge in [-0.1, -0.05) is 6.92 Å². The first-order chi connectivity index (χ1) is 9.53. The van der Waals surface area contributed by atoms with Crippen LogP contribution in [0.25, 0.3) is 0 Å². The van der Waals surface area contributed by atoms with Gasteiger partial charge in [0.15, 0.2) is 0 Å². The summed E-state index contributed by atoms with van der Waals surface area (Å²) in [6.07, 6.45) is -4.58. The first-order valence-corrected chi connectivity index (χ1v) is 6.53. The molecule has 4 nitrogen and oxygen atoms in total. The average molecular weight is 316 g/mol. The summed E-state index contributed by atoms with van der Waals surface area (Å²) >= 11 is 0. The molecular weight excluding hydrogens is 296 g/mol. The van der Waals surface area contributed by atoms with Gasteiger partial charge >= 0.3 is 17.9 Å². The Morgan fingerprint density at radius 1 is 1.05 bits per heavy atom. The molecule has 0 unspecified atom stereocenters. The van der Waals surface area contributed by atoms with Gasteiger partial charge in [0.1, 0.15) is 0 Å². The zero-order valence-electron chi connectivity index (χ0n) is 12.3. The van der Waals surface area contributed by atoms with E-state index in [-0.39, 0.29) is 13.0 Å². The minimum atomic E-state index is -4.21. The molecule has 0 rings (SSSR count). The van der Waals surface area contributed by atoms with Crippen molar-refractivity contribution in [3.63, 3.8) is 0 Å². The third-order valence-corrected chi connectivity index (χ3v) is 2.90. The molecule has 0 aromatic carbocycles. The molecule has 0 aliphatic heterocycles. The van der Waals surface area contributed by atoms with Crippen LogP contribution in [0.4, 0.5) is 17.6 Å². The average Bonchev–Trinajstić information content (AvgIpc) is 2.36. The van der Waals surface area contributed by atoms with E-state index in [2.05, 4.69) is 4.74 Å². The normalized spacial score (nSPS) is 12.4. The highest BCUT2D eigenvalue weighted by Crippen LogP contribution is 2.24. The zero-order valence-corrected chi connectivity index (χ0v) is 12.3. The lowest BCUT2D eigenvalue weighted by atomic mass is 9.91. The van der Waals surface area contributed by atoms with Gasteiger partial charge in [-0.15, -0.1) is 0 Å². The topological polar surface area (TPSA) is 52.6 Å². The highest BCUT2D eigenvalue weighted by Gasteiger charge is 2.43. The second-order valence-corrected chi connectivity index (χ2v) is 5.16. The lowest BCUT2D eigenvalue weighted by molar-refractivity contribution is -0.177. The summed E-state index contributed by atoms with van der Waals surface area (Å²) < 4.78 is 58.5. The van der Waals surface area contributed by atoms with Crippen molar-refractivity contribution in [1.29, 1.82) is 0 Å². The molecule has 0 saturated carbocycles. The summed E-state index contributed by atoms with van der Waals surface area (Å²) in [5.41, 5.74) is -0.652. The number of rotatable bonds is 9. The van der Waals surface area contributed by atoms with Crippen LogP contribution >= 0.6 is 0 Å². The summed E-state index contributed by atoms with van der Waals surface area (Å²) in [6.45, 7) is 4.67. The van der Waals surface area contributed by atoms with Crippen molar-refractivity contribution in [1.82, 2.24) is 0 Å². The Bertz CT molecular complexity index is 356. The van der Waals surface area contributed by atoms with E-state index in [1.54, 1.807) is 13.8 Å². The van der Waals surface area contributed by atoms with E-state index in [0.29, 0.717) is 6.42 Å². The summed E-state index contributed by atoms with van der Waals surface area (Å²) in [6, 6.07) is 0. The van der Waals surface area contributed by atoms with Gasteiger partial charge in [-0.25, -0.2) is 13.6 Å². The molecule has 0 heterocycles. The second kappa shape index (κ2) is 8.19. The highest BCUT2D eigenvalue weighted by molar-refractivity contribution is 5.77. The van der Waals surface area contributed by atoms with Crippen molar-refractivity contribution >= 4 is 11.9 Å². The summed E-state index contributed by atoms with van der Waals surface area (Å²) in [7, 11) is 0. The van der Waals surface area contributed by atoms with E-state index < -0.39 is 42.7 Å². The van der Waals surface area contributed by atoms with Crippen molar-refractivity contribution in [3.8, 4) is 0 Å². The Kier molecular flexibility index (Phi) is 7.67. The molecule has 0 bridgehead atoms. The minimum absolute atomic E-state index is 0.0159. The summed E-state index contributed by atoms with van der Waals surface area (Å²) in [4.78, 5) is 22.4. The van der Waals surface area contributed by atoms with Gasteiger partial charge in [-0.05, 0) is 20.3 Å². The lowest BCUT2D eigenvalue weighted by Gasteiger charge is -2.20. The SMILES string of the molecule is CCC(C)(C)C(=O)OCCCOC(=O)C(F)(F)CC(F)F. The summed E-state index contributed by atoms with van der Waals surface area (Å²) in [5.74, 6) is -6.66. The monoisotopic (exact) mass is 316 g/mol. The number of halogens is 4. The minimum Gasteiger partial charge on any atom is -0.465 e. The molecule has 0 spiro atoms. The van der Waals surface area contributed by atoms with Crippen LogP contribution in [-0.2, 0) is 19.1 Å². The van der Waals surface area contributed by atoms with Crippen molar-refractivity contribution in [2.24, 2.45) is 5.41 Å². The standard InChI is InChI=1S/C13H20F4O4/c1-4-12(2,3)10(18)20-6-5-7-21-11(19)13(16,17)8-9(14)15/h9H,4-8H2,1-3H3. The maximum absolute atomic E-state index is 12.9. The number of carbonyl (C=O) groups is 2.